The van der Waals surface area contributed by atoms with Gasteiger partial charge in [0.05, 0.1) is 0 Å². The Morgan fingerprint density at radius 2 is 2.00 bits per heavy atom. The molecule has 0 amide bonds. The molecule has 68 valence electrons. The van der Waals surface area contributed by atoms with Crippen LogP contribution in [0.5, 0.6) is 0 Å². The fraction of sp³-hybridized carbons (Fsp3) is 0.333. The quantitative estimate of drug-likeness (QED) is 0.505. The second kappa shape index (κ2) is 6.28. The molecule has 0 N–H and O–H groups in total. The Morgan fingerprint density at radius 3 is 2.69 bits per heavy atom. The van der Waals surface area contributed by atoms with Gasteiger partial charge in [0, 0.05) is 25.7 Å². The van der Waals surface area contributed by atoms with Crippen LogP contribution in [0.2, 0.25) is 0 Å². The summed E-state index contributed by atoms with van der Waals surface area (Å²) in [4.78, 5) is 0. The van der Waals surface area contributed by atoms with Crippen molar-refractivity contribution >= 4 is 0 Å². The molecular weight excluding hydrogens is 160 g/mol. The van der Waals surface area contributed by atoms with Crippen LogP contribution in [-0.2, 0) is 4.74 Å². The highest BCUT2D eigenvalue weighted by atomic mass is 16.5. The highest BCUT2D eigenvalue weighted by molar-refractivity contribution is 5.33. The maximum Gasteiger partial charge on any atom is 0.0471 e. The van der Waals surface area contributed by atoms with E-state index in [2.05, 4.69) is 11.8 Å². The smallest absolute Gasteiger partial charge is 0.0471 e. The van der Waals surface area contributed by atoms with E-state index >= 15 is 0 Å². The number of methoxy groups -OCH3 is 1. The number of rotatable bonds is 3. The molecule has 0 saturated carbocycles. The van der Waals surface area contributed by atoms with Crippen LogP contribution in [0.1, 0.15) is 18.4 Å². The number of hydrogen-bond acceptors (Lipinski definition) is 1. The van der Waals surface area contributed by atoms with Gasteiger partial charge in [0.1, 0.15) is 0 Å². The molecule has 0 aromatic heterocycles. The Bertz CT molecular complexity index is 279. The molecular formula is C12H14O. The van der Waals surface area contributed by atoms with Crippen molar-refractivity contribution in [1.29, 1.82) is 0 Å². The predicted octanol–water partition coefficient (Wildman–Crippen LogP) is 2.46. The second-order valence-corrected chi connectivity index (χ2v) is 2.76. The summed E-state index contributed by atoms with van der Waals surface area (Å²) in [6.45, 7) is 0.795. The average Bonchev–Trinajstić information content (AvgIpc) is 2.19. The van der Waals surface area contributed by atoms with Gasteiger partial charge in [0.25, 0.3) is 0 Å². The molecule has 0 spiro atoms. The van der Waals surface area contributed by atoms with Crippen molar-refractivity contribution in [1.82, 2.24) is 0 Å². The minimum absolute atomic E-state index is 0.795. The lowest BCUT2D eigenvalue weighted by Crippen LogP contribution is -1.85. The van der Waals surface area contributed by atoms with Crippen LogP contribution < -0.4 is 0 Å². The zero-order chi connectivity index (χ0) is 9.36. The van der Waals surface area contributed by atoms with Crippen molar-refractivity contribution in [2.24, 2.45) is 0 Å². The molecule has 0 aliphatic rings. The van der Waals surface area contributed by atoms with Crippen molar-refractivity contribution in [2.45, 2.75) is 12.8 Å². The number of unbranched alkanes of at least 4 members (excludes halogenated alkanes) is 1. The summed E-state index contributed by atoms with van der Waals surface area (Å²) >= 11 is 0. The van der Waals surface area contributed by atoms with Crippen molar-refractivity contribution in [3.63, 3.8) is 0 Å². The van der Waals surface area contributed by atoms with Gasteiger partial charge in [-0.25, -0.2) is 0 Å². The largest absolute Gasteiger partial charge is 0.385 e. The van der Waals surface area contributed by atoms with Gasteiger partial charge in [0.15, 0.2) is 0 Å². The van der Waals surface area contributed by atoms with Gasteiger partial charge in [-0.1, -0.05) is 30.0 Å². The first-order valence-electron chi connectivity index (χ1n) is 4.46. The van der Waals surface area contributed by atoms with E-state index in [0.29, 0.717) is 0 Å². The zero-order valence-corrected chi connectivity index (χ0v) is 7.92. The fourth-order valence-electron chi connectivity index (χ4n) is 0.991. The standard InChI is InChI=1S/C12H14O/c1-13-11-7-3-6-10-12-8-4-2-5-9-12/h2,4-5,8-9H,3,7,11H2,1H3. The summed E-state index contributed by atoms with van der Waals surface area (Å²) in [7, 11) is 1.71. The van der Waals surface area contributed by atoms with Gasteiger partial charge in [-0.15, -0.1) is 0 Å². The molecule has 1 nitrogen and oxygen atoms in total. The summed E-state index contributed by atoms with van der Waals surface area (Å²) < 4.78 is 4.93. The highest BCUT2D eigenvalue weighted by Gasteiger charge is 1.82. The lowest BCUT2D eigenvalue weighted by molar-refractivity contribution is 0.196. The molecule has 0 unspecified atom stereocenters. The van der Waals surface area contributed by atoms with Crippen LogP contribution in [0.15, 0.2) is 30.3 Å². The van der Waals surface area contributed by atoms with Crippen molar-refractivity contribution in [3.05, 3.63) is 35.9 Å². The first kappa shape index (κ1) is 9.83. The number of ether oxygens (including phenoxy) is 1. The molecule has 1 aromatic rings. The van der Waals surface area contributed by atoms with Crippen LogP contribution in [-0.4, -0.2) is 13.7 Å². The maximum absolute atomic E-state index is 4.93. The monoisotopic (exact) mass is 174 g/mol. The normalized spacial score (nSPS) is 9.00. The maximum atomic E-state index is 4.93. The molecule has 0 fully saturated rings. The van der Waals surface area contributed by atoms with E-state index in [1.807, 2.05) is 30.3 Å². The molecule has 0 atom stereocenters. The Balaban J connectivity index is 2.31. The van der Waals surface area contributed by atoms with E-state index in [1.165, 1.54) is 0 Å². The molecule has 13 heavy (non-hydrogen) atoms. The highest BCUT2D eigenvalue weighted by Crippen LogP contribution is 1.95. The third-order valence-corrected chi connectivity index (χ3v) is 1.66. The SMILES string of the molecule is COCCCC#Cc1ccccc1. The molecule has 0 radical (unpaired) electrons. The van der Waals surface area contributed by atoms with Gasteiger partial charge in [-0.3, -0.25) is 0 Å². The van der Waals surface area contributed by atoms with Crippen molar-refractivity contribution in [3.8, 4) is 11.8 Å². The molecule has 0 saturated heterocycles. The van der Waals surface area contributed by atoms with Crippen molar-refractivity contribution < 1.29 is 4.74 Å². The molecule has 0 heterocycles. The molecule has 1 aromatic carbocycles. The molecule has 0 aliphatic heterocycles. The van der Waals surface area contributed by atoms with Crippen LogP contribution in [0.4, 0.5) is 0 Å². The third kappa shape index (κ3) is 4.35. The van der Waals surface area contributed by atoms with Gasteiger partial charge < -0.3 is 4.74 Å². The Kier molecular flexibility index (Phi) is 4.74. The van der Waals surface area contributed by atoms with E-state index in [-0.39, 0.29) is 0 Å². The predicted molar refractivity (Wildman–Crippen MR) is 54.4 cm³/mol. The van der Waals surface area contributed by atoms with Crippen LogP contribution in [0, 0.1) is 11.8 Å². The van der Waals surface area contributed by atoms with Gasteiger partial charge in [-0.2, -0.15) is 0 Å². The third-order valence-electron chi connectivity index (χ3n) is 1.66. The average molecular weight is 174 g/mol. The van der Waals surface area contributed by atoms with Crippen LogP contribution in [0.3, 0.4) is 0 Å². The summed E-state index contributed by atoms with van der Waals surface area (Å²) in [5.74, 6) is 6.20. The molecule has 1 rings (SSSR count). The summed E-state index contributed by atoms with van der Waals surface area (Å²) in [5.41, 5.74) is 1.08. The van der Waals surface area contributed by atoms with E-state index < -0.39 is 0 Å². The Morgan fingerprint density at radius 1 is 1.23 bits per heavy atom. The lowest BCUT2D eigenvalue weighted by Gasteiger charge is -1.91. The Labute approximate surface area is 79.7 Å². The van der Waals surface area contributed by atoms with Gasteiger partial charge in [-0.05, 0) is 18.6 Å². The summed E-state index contributed by atoms with van der Waals surface area (Å²) in [6, 6.07) is 10.0. The fourth-order valence-corrected chi connectivity index (χ4v) is 0.991. The summed E-state index contributed by atoms with van der Waals surface area (Å²) in [6.07, 6.45) is 1.92. The van der Waals surface area contributed by atoms with E-state index in [9.17, 15) is 0 Å². The zero-order valence-electron chi connectivity index (χ0n) is 7.92. The Hall–Kier alpha value is -1.26. The minimum atomic E-state index is 0.795. The number of hydrogen-bond donors (Lipinski definition) is 0. The minimum Gasteiger partial charge on any atom is -0.385 e. The molecule has 0 bridgehead atoms. The van der Waals surface area contributed by atoms with Crippen LogP contribution in [0.25, 0.3) is 0 Å². The van der Waals surface area contributed by atoms with Gasteiger partial charge >= 0.3 is 0 Å². The van der Waals surface area contributed by atoms with Crippen LogP contribution >= 0.6 is 0 Å². The van der Waals surface area contributed by atoms with Gasteiger partial charge in [0.2, 0.25) is 0 Å². The number of benzene rings is 1. The van der Waals surface area contributed by atoms with E-state index in [1.54, 1.807) is 7.11 Å². The second-order valence-electron chi connectivity index (χ2n) is 2.76. The topological polar surface area (TPSA) is 9.23 Å². The molecule has 0 aliphatic carbocycles. The first-order chi connectivity index (χ1) is 6.43. The van der Waals surface area contributed by atoms with E-state index in [4.69, 9.17) is 4.74 Å². The summed E-state index contributed by atoms with van der Waals surface area (Å²) in [5, 5.41) is 0. The van der Waals surface area contributed by atoms with E-state index in [0.717, 1.165) is 25.0 Å². The van der Waals surface area contributed by atoms with Crippen molar-refractivity contribution in [2.75, 3.05) is 13.7 Å². The first-order valence-corrected chi connectivity index (χ1v) is 4.46. The lowest BCUT2D eigenvalue weighted by atomic mass is 10.2. The molecule has 1 heteroatoms.